The van der Waals surface area contributed by atoms with Crippen LogP contribution in [0.4, 0.5) is 0 Å². The smallest absolute Gasteiger partial charge is 0.231 e. The Bertz CT molecular complexity index is 448. The fourth-order valence-electron chi connectivity index (χ4n) is 2.35. The molecule has 0 spiro atoms. The molecular formula is C16H24BrNO2. The molecule has 3 nitrogen and oxygen atoms in total. The van der Waals surface area contributed by atoms with Gasteiger partial charge in [-0.3, -0.25) is 0 Å². The maximum absolute atomic E-state index is 5.44. The van der Waals surface area contributed by atoms with Gasteiger partial charge in [-0.05, 0) is 52.9 Å². The normalized spacial score (nSPS) is 14.8. The largest absolute Gasteiger partial charge is 0.454 e. The molecular weight excluding hydrogens is 318 g/mol. The highest BCUT2D eigenvalue weighted by Crippen LogP contribution is 2.39. The number of benzene rings is 1. The molecule has 112 valence electrons. The molecule has 0 saturated heterocycles. The first-order chi connectivity index (χ1) is 9.56. The summed E-state index contributed by atoms with van der Waals surface area (Å²) in [4.78, 5) is 0. The zero-order valence-corrected chi connectivity index (χ0v) is 14.1. The van der Waals surface area contributed by atoms with Gasteiger partial charge >= 0.3 is 0 Å². The second kappa shape index (κ2) is 7.32. The van der Waals surface area contributed by atoms with Crippen LogP contribution in [0.25, 0.3) is 0 Å². The van der Waals surface area contributed by atoms with Crippen LogP contribution in [0.1, 0.15) is 45.6 Å². The van der Waals surface area contributed by atoms with Crippen molar-refractivity contribution in [3.8, 4) is 11.5 Å². The number of halogens is 1. The topological polar surface area (TPSA) is 30.5 Å². The standard InChI is InChI=1S/C16H24BrNO2/c1-11(2)5-4-6-12(3)18-9-13-7-14(17)16-15(8-13)19-10-20-16/h7-8,11-12,18H,4-6,9-10H2,1-3H3. The Morgan fingerprint density at radius 3 is 2.75 bits per heavy atom. The molecule has 1 heterocycles. The molecule has 1 aliphatic heterocycles. The highest BCUT2D eigenvalue weighted by atomic mass is 79.9. The molecule has 20 heavy (non-hydrogen) atoms. The molecule has 1 N–H and O–H groups in total. The van der Waals surface area contributed by atoms with E-state index in [1.807, 2.05) is 0 Å². The minimum absolute atomic E-state index is 0.316. The third-order valence-corrected chi connectivity index (χ3v) is 4.15. The second-order valence-electron chi connectivity index (χ2n) is 5.92. The van der Waals surface area contributed by atoms with Gasteiger partial charge < -0.3 is 14.8 Å². The predicted molar refractivity (Wildman–Crippen MR) is 85.3 cm³/mol. The molecule has 0 aromatic heterocycles. The van der Waals surface area contributed by atoms with E-state index in [4.69, 9.17) is 9.47 Å². The fraction of sp³-hybridized carbons (Fsp3) is 0.625. The van der Waals surface area contributed by atoms with Crippen LogP contribution in [0.3, 0.4) is 0 Å². The quantitative estimate of drug-likeness (QED) is 0.792. The van der Waals surface area contributed by atoms with E-state index in [0.29, 0.717) is 12.8 Å². The summed E-state index contributed by atoms with van der Waals surface area (Å²) in [6.45, 7) is 7.99. The highest BCUT2D eigenvalue weighted by molar-refractivity contribution is 9.10. The van der Waals surface area contributed by atoms with Gasteiger partial charge in [0.1, 0.15) is 0 Å². The molecule has 0 fully saturated rings. The Labute approximate surface area is 130 Å². The first-order valence-corrected chi connectivity index (χ1v) is 8.17. The van der Waals surface area contributed by atoms with Crippen molar-refractivity contribution < 1.29 is 9.47 Å². The maximum Gasteiger partial charge on any atom is 0.231 e. The van der Waals surface area contributed by atoms with Crippen LogP contribution in [0.5, 0.6) is 11.5 Å². The van der Waals surface area contributed by atoms with Gasteiger partial charge in [0.2, 0.25) is 6.79 Å². The van der Waals surface area contributed by atoms with E-state index in [1.165, 1.54) is 24.8 Å². The van der Waals surface area contributed by atoms with Crippen LogP contribution in [0, 0.1) is 5.92 Å². The van der Waals surface area contributed by atoms with Crippen LogP contribution in [0.2, 0.25) is 0 Å². The van der Waals surface area contributed by atoms with Gasteiger partial charge in [-0.1, -0.05) is 26.7 Å². The average Bonchev–Trinajstić information content (AvgIpc) is 2.84. The monoisotopic (exact) mass is 341 g/mol. The fourth-order valence-corrected chi connectivity index (χ4v) is 2.95. The molecule has 1 aromatic rings. The number of hydrogen-bond donors (Lipinski definition) is 1. The first-order valence-electron chi connectivity index (χ1n) is 7.37. The molecule has 0 bridgehead atoms. The van der Waals surface area contributed by atoms with E-state index in [9.17, 15) is 0 Å². The molecule has 1 aliphatic rings. The molecule has 1 unspecified atom stereocenters. The summed E-state index contributed by atoms with van der Waals surface area (Å²) in [5.74, 6) is 2.45. The van der Waals surface area contributed by atoms with Crippen molar-refractivity contribution in [2.24, 2.45) is 5.92 Å². The Hall–Kier alpha value is -0.740. The zero-order chi connectivity index (χ0) is 14.5. The van der Waals surface area contributed by atoms with Crippen molar-refractivity contribution in [1.82, 2.24) is 5.32 Å². The third kappa shape index (κ3) is 4.38. The lowest BCUT2D eigenvalue weighted by molar-refractivity contribution is 0.173. The minimum atomic E-state index is 0.316. The van der Waals surface area contributed by atoms with Crippen LogP contribution in [-0.2, 0) is 6.54 Å². The van der Waals surface area contributed by atoms with Crippen molar-refractivity contribution in [3.63, 3.8) is 0 Å². The molecule has 1 atom stereocenters. The van der Waals surface area contributed by atoms with Crippen molar-refractivity contribution in [1.29, 1.82) is 0 Å². The lowest BCUT2D eigenvalue weighted by Gasteiger charge is -2.15. The van der Waals surface area contributed by atoms with Gasteiger partial charge in [-0.25, -0.2) is 0 Å². The van der Waals surface area contributed by atoms with Crippen molar-refractivity contribution >= 4 is 15.9 Å². The molecule has 0 aliphatic carbocycles. The van der Waals surface area contributed by atoms with Gasteiger partial charge in [-0.15, -0.1) is 0 Å². The summed E-state index contributed by atoms with van der Waals surface area (Å²) in [7, 11) is 0. The molecule has 0 amide bonds. The van der Waals surface area contributed by atoms with Crippen LogP contribution >= 0.6 is 15.9 Å². The van der Waals surface area contributed by atoms with Crippen LogP contribution in [-0.4, -0.2) is 12.8 Å². The lowest BCUT2D eigenvalue weighted by atomic mass is 10.0. The van der Waals surface area contributed by atoms with Crippen molar-refractivity contribution in [2.75, 3.05) is 6.79 Å². The second-order valence-corrected chi connectivity index (χ2v) is 6.77. The summed E-state index contributed by atoms with van der Waals surface area (Å²) < 4.78 is 11.8. The van der Waals surface area contributed by atoms with Gasteiger partial charge in [0.05, 0.1) is 4.47 Å². The molecule has 2 rings (SSSR count). The van der Waals surface area contributed by atoms with Crippen molar-refractivity contribution in [2.45, 2.75) is 52.6 Å². The zero-order valence-electron chi connectivity index (χ0n) is 12.5. The van der Waals surface area contributed by atoms with Crippen LogP contribution < -0.4 is 14.8 Å². The maximum atomic E-state index is 5.44. The van der Waals surface area contributed by atoms with Gasteiger partial charge in [0.25, 0.3) is 0 Å². The average molecular weight is 342 g/mol. The predicted octanol–water partition coefficient (Wildman–Crippen LogP) is 4.48. The van der Waals surface area contributed by atoms with Crippen LogP contribution in [0.15, 0.2) is 16.6 Å². The van der Waals surface area contributed by atoms with E-state index < -0.39 is 0 Å². The number of nitrogens with one attached hydrogen (secondary N) is 1. The summed E-state index contributed by atoms with van der Waals surface area (Å²) in [5.41, 5.74) is 1.22. The lowest BCUT2D eigenvalue weighted by Crippen LogP contribution is -2.25. The van der Waals surface area contributed by atoms with E-state index >= 15 is 0 Å². The Morgan fingerprint density at radius 1 is 1.20 bits per heavy atom. The molecule has 1 aromatic carbocycles. The SMILES string of the molecule is CC(C)CCCC(C)NCc1cc(Br)c2c(c1)OCO2. The highest BCUT2D eigenvalue weighted by Gasteiger charge is 2.17. The molecule has 0 saturated carbocycles. The van der Waals surface area contributed by atoms with E-state index in [2.05, 4.69) is 54.2 Å². The first kappa shape index (κ1) is 15.6. The number of fused-ring (bicyclic) bond motifs is 1. The Balaban J connectivity index is 1.81. The number of hydrogen-bond acceptors (Lipinski definition) is 3. The summed E-state index contributed by atoms with van der Waals surface area (Å²) in [6, 6.07) is 4.69. The summed E-state index contributed by atoms with van der Waals surface area (Å²) in [5, 5.41) is 3.57. The number of ether oxygens (including phenoxy) is 2. The van der Waals surface area contributed by atoms with Crippen molar-refractivity contribution in [3.05, 3.63) is 22.2 Å². The molecule has 4 heteroatoms. The van der Waals surface area contributed by atoms with Gasteiger partial charge in [0, 0.05) is 12.6 Å². The Kier molecular flexibility index (Phi) is 5.73. The molecule has 0 radical (unpaired) electrons. The number of rotatable bonds is 7. The summed E-state index contributed by atoms with van der Waals surface area (Å²) in [6.07, 6.45) is 3.82. The third-order valence-electron chi connectivity index (χ3n) is 3.56. The van der Waals surface area contributed by atoms with Gasteiger partial charge in [0.15, 0.2) is 11.5 Å². The van der Waals surface area contributed by atoms with E-state index in [-0.39, 0.29) is 0 Å². The van der Waals surface area contributed by atoms with E-state index in [1.54, 1.807) is 0 Å². The minimum Gasteiger partial charge on any atom is -0.454 e. The van der Waals surface area contributed by atoms with Gasteiger partial charge in [-0.2, -0.15) is 0 Å². The van der Waals surface area contributed by atoms with E-state index in [0.717, 1.165) is 28.4 Å². The summed E-state index contributed by atoms with van der Waals surface area (Å²) >= 11 is 3.53. The Morgan fingerprint density at radius 2 is 2.00 bits per heavy atom.